The van der Waals surface area contributed by atoms with Gasteiger partial charge in [-0.25, -0.2) is 0 Å². The summed E-state index contributed by atoms with van der Waals surface area (Å²) >= 11 is 0. The molecule has 1 heterocycles. The van der Waals surface area contributed by atoms with Crippen molar-refractivity contribution in [1.29, 1.82) is 0 Å². The highest BCUT2D eigenvalue weighted by Crippen LogP contribution is 2.17. The van der Waals surface area contributed by atoms with Crippen LogP contribution in [0.5, 0.6) is 0 Å². The number of hydrogen-bond acceptors (Lipinski definition) is 3. The molecule has 1 aromatic rings. The fourth-order valence-corrected chi connectivity index (χ4v) is 2.20. The van der Waals surface area contributed by atoms with Crippen molar-refractivity contribution in [3.05, 3.63) is 30.3 Å². The van der Waals surface area contributed by atoms with Crippen molar-refractivity contribution in [2.45, 2.75) is 32.7 Å². The molecule has 0 aliphatic carbocycles. The minimum Gasteiger partial charge on any atom is -0.376 e. The van der Waals surface area contributed by atoms with Gasteiger partial charge in [-0.2, -0.15) is 0 Å². The van der Waals surface area contributed by atoms with Gasteiger partial charge in [0, 0.05) is 12.2 Å². The molecule has 1 fully saturated rings. The summed E-state index contributed by atoms with van der Waals surface area (Å²) in [6, 6.07) is 9.06. The van der Waals surface area contributed by atoms with E-state index in [2.05, 4.69) is 5.32 Å². The third-order valence-corrected chi connectivity index (χ3v) is 3.12. The van der Waals surface area contributed by atoms with Gasteiger partial charge in [-0.1, -0.05) is 32.0 Å². The molecule has 1 atom stereocenters. The van der Waals surface area contributed by atoms with Crippen LogP contribution >= 0.6 is 0 Å². The highest BCUT2D eigenvalue weighted by molar-refractivity contribution is 5.89. The third kappa shape index (κ3) is 4.26. The van der Waals surface area contributed by atoms with Gasteiger partial charge in [-0.15, -0.1) is 0 Å². The number of nitrogens with zero attached hydrogens (tertiary/aromatic N) is 1. The van der Waals surface area contributed by atoms with Gasteiger partial charge in [0.2, 0.25) is 11.8 Å². The van der Waals surface area contributed by atoms with Crippen molar-refractivity contribution in [3.63, 3.8) is 0 Å². The number of carbonyl (C=O) groups is 2. The van der Waals surface area contributed by atoms with E-state index < -0.39 is 11.9 Å². The van der Waals surface area contributed by atoms with Gasteiger partial charge in [0.1, 0.15) is 6.04 Å². The van der Waals surface area contributed by atoms with Gasteiger partial charge in [0.15, 0.2) is 0 Å². The Bertz CT molecular complexity index is 434. The van der Waals surface area contributed by atoms with Crippen LogP contribution in [0.15, 0.2) is 30.3 Å². The molecule has 1 aliphatic rings. The smallest absolute Gasteiger partial charge is 0.242 e. The number of amides is 2. The molecule has 1 unspecified atom stereocenters. The number of para-hydroxylation sites is 1. The van der Waals surface area contributed by atoms with Gasteiger partial charge < -0.3 is 16.0 Å². The average Bonchev–Trinajstić information content (AvgIpc) is 2.98. The van der Waals surface area contributed by atoms with Crippen LogP contribution in [0.3, 0.4) is 0 Å². The Labute approximate surface area is 120 Å². The van der Waals surface area contributed by atoms with Crippen LogP contribution in [0.2, 0.25) is 0 Å². The summed E-state index contributed by atoms with van der Waals surface area (Å²) in [6.07, 6.45) is 1.51. The zero-order valence-corrected chi connectivity index (χ0v) is 12.1. The first-order valence-electron chi connectivity index (χ1n) is 7.06. The zero-order valence-electron chi connectivity index (χ0n) is 12.1. The number of anilines is 1. The van der Waals surface area contributed by atoms with E-state index in [-0.39, 0.29) is 12.5 Å². The van der Waals surface area contributed by atoms with E-state index in [4.69, 9.17) is 5.73 Å². The van der Waals surface area contributed by atoms with Crippen molar-refractivity contribution >= 4 is 17.5 Å². The van der Waals surface area contributed by atoms with E-state index in [1.807, 2.05) is 44.2 Å². The molecule has 0 spiro atoms. The van der Waals surface area contributed by atoms with E-state index in [1.54, 1.807) is 4.90 Å². The molecule has 2 amide bonds. The molecule has 5 heteroatoms. The highest BCUT2D eigenvalue weighted by Gasteiger charge is 2.32. The molecule has 3 N–H and O–H groups in total. The van der Waals surface area contributed by atoms with Crippen LogP contribution in [0, 0.1) is 0 Å². The molecular weight excluding hydrogens is 254 g/mol. The monoisotopic (exact) mass is 277 g/mol. The van der Waals surface area contributed by atoms with Crippen LogP contribution in [0.1, 0.15) is 26.7 Å². The summed E-state index contributed by atoms with van der Waals surface area (Å²) in [4.78, 5) is 24.8. The van der Waals surface area contributed by atoms with Crippen molar-refractivity contribution in [2.75, 3.05) is 18.4 Å². The molecule has 1 aromatic carbocycles. The van der Waals surface area contributed by atoms with Crippen LogP contribution in [-0.4, -0.2) is 35.8 Å². The van der Waals surface area contributed by atoms with Crippen LogP contribution in [0.25, 0.3) is 0 Å². The first kappa shape index (κ1) is 16.0. The number of carbonyl (C=O) groups excluding carboxylic acids is 2. The molecule has 0 aromatic heterocycles. The molecule has 1 aliphatic heterocycles. The Morgan fingerprint density at radius 3 is 2.55 bits per heavy atom. The molecule has 0 saturated carbocycles. The van der Waals surface area contributed by atoms with E-state index in [0.717, 1.165) is 12.1 Å². The molecule has 5 nitrogen and oxygen atoms in total. The Kier molecular flexibility index (Phi) is 6.56. The van der Waals surface area contributed by atoms with Crippen LogP contribution in [0.4, 0.5) is 5.69 Å². The lowest BCUT2D eigenvalue weighted by molar-refractivity contribution is -0.135. The highest BCUT2D eigenvalue weighted by atomic mass is 16.2. The first-order chi connectivity index (χ1) is 9.68. The normalized spacial score (nSPS) is 17.1. The van der Waals surface area contributed by atoms with Gasteiger partial charge in [0.25, 0.3) is 0 Å². The predicted octanol–water partition coefficient (Wildman–Crippen LogP) is 1.60. The Balaban J connectivity index is 0.000000956. The van der Waals surface area contributed by atoms with E-state index in [9.17, 15) is 9.59 Å². The topological polar surface area (TPSA) is 75.4 Å². The molecule has 1 saturated heterocycles. The lowest BCUT2D eigenvalue weighted by Gasteiger charge is -2.22. The summed E-state index contributed by atoms with van der Waals surface area (Å²) < 4.78 is 0. The van der Waals surface area contributed by atoms with E-state index in [1.165, 1.54) is 0 Å². The van der Waals surface area contributed by atoms with Gasteiger partial charge >= 0.3 is 0 Å². The summed E-state index contributed by atoms with van der Waals surface area (Å²) in [5.74, 6) is -0.499. The maximum Gasteiger partial charge on any atom is 0.242 e. The Morgan fingerprint density at radius 1 is 1.30 bits per heavy atom. The van der Waals surface area contributed by atoms with Crippen molar-refractivity contribution in [2.24, 2.45) is 5.73 Å². The molecular formula is C15H23N3O2. The SMILES string of the molecule is CC.NC(=O)C1CCCN1C(=O)CNc1ccccc1. The standard InChI is InChI=1S/C13H17N3O2.C2H6/c14-13(18)11-7-4-8-16(11)12(17)9-15-10-5-2-1-3-6-10;1-2/h1-3,5-6,11,15H,4,7-9H2,(H2,14,18);1-2H3. The van der Waals surface area contributed by atoms with Crippen LogP contribution < -0.4 is 11.1 Å². The molecule has 110 valence electrons. The van der Waals surface area contributed by atoms with E-state index in [0.29, 0.717) is 13.0 Å². The number of benzene rings is 1. The second kappa shape index (κ2) is 8.19. The van der Waals surface area contributed by atoms with Gasteiger partial charge in [-0.3, -0.25) is 9.59 Å². The van der Waals surface area contributed by atoms with Crippen molar-refractivity contribution < 1.29 is 9.59 Å². The minimum atomic E-state index is -0.435. The quantitative estimate of drug-likeness (QED) is 0.877. The average molecular weight is 277 g/mol. The number of nitrogens with one attached hydrogen (secondary N) is 1. The second-order valence-electron chi connectivity index (χ2n) is 4.37. The fraction of sp³-hybridized carbons (Fsp3) is 0.467. The van der Waals surface area contributed by atoms with Gasteiger partial charge in [0.05, 0.1) is 6.54 Å². The molecule has 0 radical (unpaired) electrons. The lowest BCUT2D eigenvalue weighted by atomic mass is 10.2. The van der Waals surface area contributed by atoms with Crippen molar-refractivity contribution in [3.8, 4) is 0 Å². The zero-order chi connectivity index (χ0) is 15.0. The van der Waals surface area contributed by atoms with Crippen LogP contribution in [-0.2, 0) is 9.59 Å². The number of rotatable bonds is 4. The first-order valence-corrected chi connectivity index (χ1v) is 7.06. The number of likely N-dealkylation sites (tertiary alicyclic amines) is 1. The lowest BCUT2D eigenvalue weighted by Crippen LogP contribution is -2.45. The number of hydrogen-bond donors (Lipinski definition) is 2. The van der Waals surface area contributed by atoms with Crippen molar-refractivity contribution in [1.82, 2.24) is 4.90 Å². The molecule has 0 bridgehead atoms. The molecule has 20 heavy (non-hydrogen) atoms. The van der Waals surface area contributed by atoms with E-state index >= 15 is 0 Å². The number of nitrogens with two attached hydrogens (primary N) is 1. The summed E-state index contributed by atoms with van der Waals surface area (Å²) in [5, 5.41) is 3.04. The Hall–Kier alpha value is -2.04. The summed E-state index contributed by atoms with van der Waals surface area (Å²) in [7, 11) is 0. The fourth-order valence-electron chi connectivity index (χ4n) is 2.20. The summed E-state index contributed by atoms with van der Waals surface area (Å²) in [6.45, 7) is 4.80. The summed E-state index contributed by atoms with van der Waals surface area (Å²) in [5.41, 5.74) is 6.17. The minimum absolute atomic E-state index is 0.0832. The Morgan fingerprint density at radius 2 is 1.95 bits per heavy atom. The number of primary amides is 1. The third-order valence-electron chi connectivity index (χ3n) is 3.12. The largest absolute Gasteiger partial charge is 0.376 e. The molecule has 2 rings (SSSR count). The predicted molar refractivity (Wildman–Crippen MR) is 80.2 cm³/mol. The maximum atomic E-state index is 12.0. The maximum absolute atomic E-state index is 12.0. The van der Waals surface area contributed by atoms with Gasteiger partial charge in [-0.05, 0) is 25.0 Å². The second-order valence-corrected chi connectivity index (χ2v) is 4.37.